The van der Waals surface area contributed by atoms with Gasteiger partial charge in [-0.1, -0.05) is 30.3 Å². The molecule has 146 valence electrons. The molecule has 1 N–H and O–H groups in total. The number of amides is 2. The first-order valence-corrected chi connectivity index (χ1v) is 9.74. The summed E-state index contributed by atoms with van der Waals surface area (Å²) in [6, 6.07) is 14.2. The molecule has 28 heavy (non-hydrogen) atoms. The van der Waals surface area contributed by atoms with E-state index in [4.69, 9.17) is 9.47 Å². The Hall–Kier alpha value is -3.02. The predicted octanol–water partition coefficient (Wildman–Crippen LogP) is 2.77. The first-order valence-electron chi connectivity index (χ1n) is 9.74. The summed E-state index contributed by atoms with van der Waals surface area (Å²) in [7, 11) is 0. The fourth-order valence-electron chi connectivity index (χ4n) is 3.66. The molecule has 2 aliphatic heterocycles. The molecule has 0 bridgehead atoms. The van der Waals surface area contributed by atoms with Gasteiger partial charge >= 0.3 is 0 Å². The SMILES string of the molecule is O=C(N[C@@H](Cc1ccccc1)C(=O)N1CCCCC1)c1ccc2c(c1)OCO2. The molecule has 2 aliphatic rings. The largest absolute Gasteiger partial charge is 0.454 e. The lowest BCUT2D eigenvalue weighted by atomic mass is 10.0. The van der Waals surface area contributed by atoms with Crippen LogP contribution in [-0.2, 0) is 11.2 Å². The van der Waals surface area contributed by atoms with Crippen LogP contribution in [0, 0.1) is 0 Å². The van der Waals surface area contributed by atoms with E-state index >= 15 is 0 Å². The van der Waals surface area contributed by atoms with E-state index in [9.17, 15) is 9.59 Å². The van der Waals surface area contributed by atoms with E-state index in [1.165, 1.54) is 0 Å². The quantitative estimate of drug-likeness (QED) is 0.866. The summed E-state index contributed by atoms with van der Waals surface area (Å²) in [5, 5.41) is 2.94. The summed E-state index contributed by atoms with van der Waals surface area (Å²) in [6.45, 7) is 1.67. The predicted molar refractivity (Wildman–Crippen MR) is 104 cm³/mol. The number of rotatable bonds is 5. The molecule has 2 amide bonds. The lowest BCUT2D eigenvalue weighted by Crippen LogP contribution is -2.51. The van der Waals surface area contributed by atoms with Crippen molar-refractivity contribution in [3.63, 3.8) is 0 Å². The molecule has 0 aliphatic carbocycles. The minimum absolute atomic E-state index is 0.0161. The smallest absolute Gasteiger partial charge is 0.252 e. The molecular weight excluding hydrogens is 356 g/mol. The van der Waals surface area contributed by atoms with Crippen LogP contribution in [0.4, 0.5) is 0 Å². The van der Waals surface area contributed by atoms with Crippen molar-refractivity contribution in [2.24, 2.45) is 0 Å². The molecule has 0 spiro atoms. The summed E-state index contributed by atoms with van der Waals surface area (Å²) in [5.41, 5.74) is 1.47. The first kappa shape index (κ1) is 18.3. The van der Waals surface area contributed by atoms with E-state index in [0.717, 1.165) is 37.9 Å². The molecule has 1 saturated heterocycles. The Morgan fingerprint density at radius 3 is 2.50 bits per heavy atom. The zero-order valence-corrected chi connectivity index (χ0v) is 15.7. The van der Waals surface area contributed by atoms with Crippen LogP contribution in [0.2, 0.25) is 0 Å². The van der Waals surface area contributed by atoms with Crippen molar-refractivity contribution in [2.45, 2.75) is 31.7 Å². The third-order valence-corrected chi connectivity index (χ3v) is 5.19. The Morgan fingerprint density at radius 1 is 0.964 bits per heavy atom. The van der Waals surface area contributed by atoms with Gasteiger partial charge in [-0.3, -0.25) is 9.59 Å². The summed E-state index contributed by atoms with van der Waals surface area (Å²) >= 11 is 0. The Morgan fingerprint density at radius 2 is 1.71 bits per heavy atom. The molecule has 4 rings (SSSR count). The first-order chi connectivity index (χ1) is 13.7. The normalized spacial score (nSPS) is 16.5. The van der Waals surface area contributed by atoms with Gasteiger partial charge in [0.2, 0.25) is 12.7 Å². The highest BCUT2D eigenvalue weighted by molar-refractivity contribution is 5.98. The van der Waals surface area contributed by atoms with E-state index < -0.39 is 6.04 Å². The van der Waals surface area contributed by atoms with Gasteiger partial charge in [0.25, 0.3) is 5.91 Å². The average molecular weight is 380 g/mol. The number of piperidine rings is 1. The molecule has 0 unspecified atom stereocenters. The van der Waals surface area contributed by atoms with Crippen LogP contribution >= 0.6 is 0 Å². The van der Waals surface area contributed by atoms with Gasteiger partial charge in [0.05, 0.1) is 0 Å². The molecule has 0 saturated carbocycles. The minimum Gasteiger partial charge on any atom is -0.454 e. The van der Waals surface area contributed by atoms with Crippen LogP contribution in [0.3, 0.4) is 0 Å². The second-order valence-electron chi connectivity index (χ2n) is 7.17. The number of nitrogens with zero attached hydrogens (tertiary/aromatic N) is 1. The topological polar surface area (TPSA) is 67.9 Å². The van der Waals surface area contributed by atoms with Gasteiger partial charge in [0, 0.05) is 25.1 Å². The number of carbonyl (C=O) groups is 2. The number of carbonyl (C=O) groups excluding carboxylic acids is 2. The third kappa shape index (κ3) is 4.11. The van der Waals surface area contributed by atoms with Crippen molar-refractivity contribution in [3.05, 3.63) is 59.7 Å². The van der Waals surface area contributed by atoms with Crippen LogP contribution in [0.5, 0.6) is 11.5 Å². The molecule has 0 aromatic heterocycles. The van der Waals surface area contributed by atoms with Crippen molar-refractivity contribution >= 4 is 11.8 Å². The second-order valence-corrected chi connectivity index (χ2v) is 7.17. The number of benzene rings is 2. The summed E-state index contributed by atoms with van der Waals surface area (Å²) < 4.78 is 10.7. The fraction of sp³-hybridized carbons (Fsp3) is 0.364. The summed E-state index contributed by atoms with van der Waals surface area (Å²) in [4.78, 5) is 27.8. The molecular formula is C22H24N2O4. The number of nitrogens with one attached hydrogen (secondary N) is 1. The number of likely N-dealkylation sites (tertiary alicyclic amines) is 1. The molecule has 6 heteroatoms. The maximum absolute atomic E-state index is 13.1. The average Bonchev–Trinajstić information content (AvgIpc) is 3.22. The minimum atomic E-state index is -0.599. The lowest BCUT2D eigenvalue weighted by Gasteiger charge is -2.31. The summed E-state index contributed by atoms with van der Waals surface area (Å²) in [6.07, 6.45) is 3.64. The van der Waals surface area contributed by atoms with Crippen molar-refractivity contribution in [1.82, 2.24) is 10.2 Å². The Balaban J connectivity index is 1.52. The maximum atomic E-state index is 13.1. The monoisotopic (exact) mass is 380 g/mol. The van der Waals surface area contributed by atoms with E-state index in [1.807, 2.05) is 35.2 Å². The standard InChI is InChI=1S/C22H24N2O4/c25-21(17-9-10-19-20(14-17)28-15-27-19)23-18(13-16-7-3-1-4-8-16)22(26)24-11-5-2-6-12-24/h1,3-4,7-10,14,18H,2,5-6,11-13,15H2,(H,23,25)/t18-/m0/s1. The van der Waals surface area contributed by atoms with Crippen LogP contribution < -0.4 is 14.8 Å². The molecule has 1 atom stereocenters. The number of fused-ring (bicyclic) bond motifs is 1. The van der Waals surface area contributed by atoms with Gasteiger partial charge in [-0.05, 0) is 43.0 Å². The van der Waals surface area contributed by atoms with E-state index in [2.05, 4.69) is 5.32 Å². The van der Waals surface area contributed by atoms with E-state index in [0.29, 0.717) is 23.5 Å². The van der Waals surface area contributed by atoms with Gasteiger partial charge in [0.1, 0.15) is 6.04 Å². The molecule has 2 aromatic carbocycles. The van der Waals surface area contributed by atoms with Gasteiger partial charge in [-0.25, -0.2) is 0 Å². The van der Waals surface area contributed by atoms with Crippen molar-refractivity contribution in [1.29, 1.82) is 0 Å². The molecule has 2 aromatic rings. The second kappa shape index (κ2) is 8.33. The van der Waals surface area contributed by atoms with Crippen LogP contribution in [0.25, 0.3) is 0 Å². The molecule has 1 fully saturated rings. The number of ether oxygens (including phenoxy) is 2. The molecule has 6 nitrogen and oxygen atoms in total. The van der Waals surface area contributed by atoms with Gasteiger partial charge in [0.15, 0.2) is 11.5 Å². The molecule has 2 heterocycles. The highest BCUT2D eigenvalue weighted by Gasteiger charge is 2.28. The van der Waals surface area contributed by atoms with Crippen LogP contribution in [0.1, 0.15) is 35.2 Å². The number of hydrogen-bond acceptors (Lipinski definition) is 4. The molecule has 0 radical (unpaired) electrons. The Kier molecular flexibility index (Phi) is 5.46. The maximum Gasteiger partial charge on any atom is 0.252 e. The highest BCUT2D eigenvalue weighted by Crippen LogP contribution is 2.32. The van der Waals surface area contributed by atoms with Crippen molar-refractivity contribution in [2.75, 3.05) is 19.9 Å². The zero-order chi connectivity index (χ0) is 19.3. The Bertz CT molecular complexity index is 847. The van der Waals surface area contributed by atoms with Crippen molar-refractivity contribution in [3.8, 4) is 11.5 Å². The Labute approximate surface area is 164 Å². The fourth-order valence-corrected chi connectivity index (χ4v) is 3.66. The van der Waals surface area contributed by atoms with Gasteiger partial charge in [-0.15, -0.1) is 0 Å². The number of hydrogen-bond donors (Lipinski definition) is 1. The van der Waals surface area contributed by atoms with E-state index in [1.54, 1.807) is 18.2 Å². The van der Waals surface area contributed by atoms with E-state index in [-0.39, 0.29) is 18.6 Å². The van der Waals surface area contributed by atoms with Gasteiger partial charge < -0.3 is 19.7 Å². The van der Waals surface area contributed by atoms with Gasteiger partial charge in [-0.2, -0.15) is 0 Å². The van der Waals surface area contributed by atoms with Crippen molar-refractivity contribution < 1.29 is 19.1 Å². The van der Waals surface area contributed by atoms with Crippen LogP contribution in [0.15, 0.2) is 48.5 Å². The highest BCUT2D eigenvalue weighted by atomic mass is 16.7. The summed E-state index contributed by atoms with van der Waals surface area (Å²) in [5.74, 6) is 0.874. The third-order valence-electron chi connectivity index (χ3n) is 5.19. The van der Waals surface area contributed by atoms with Crippen LogP contribution in [-0.4, -0.2) is 42.6 Å². The zero-order valence-electron chi connectivity index (χ0n) is 15.7. The lowest BCUT2D eigenvalue weighted by molar-refractivity contribution is -0.134.